The van der Waals surface area contributed by atoms with Gasteiger partial charge in [-0.2, -0.15) is 0 Å². The van der Waals surface area contributed by atoms with Crippen molar-refractivity contribution in [2.24, 2.45) is 0 Å². The van der Waals surface area contributed by atoms with Crippen LogP contribution in [0.25, 0.3) is 0 Å². The van der Waals surface area contributed by atoms with Gasteiger partial charge in [0, 0.05) is 11.0 Å². The second kappa shape index (κ2) is 53.4. The Bertz CT molecular complexity index is 4370. The molecule has 0 bridgehead atoms. The van der Waals surface area contributed by atoms with Crippen molar-refractivity contribution in [3.63, 3.8) is 0 Å². The minimum Gasteiger partial charge on any atom is -0.144 e. The van der Waals surface area contributed by atoms with Crippen LogP contribution in [0.15, 0.2) is 425 Å². The Balaban J connectivity index is 0.000000185. The minimum atomic E-state index is -0.397. The van der Waals surface area contributed by atoms with Crippen molar-refractivity contribution < 1.29 is 0 Å². The zero-order valence-electron chi connectivity index (χ0n) is 65.4. The molecule has 0 aliphatic carbocycles. The van der Waals surface area contributed by atoms with Gasteiger partial charge in [0.25, 0.3) is 0 Å². The molecule has 0 heterocycles. The summed E-state index contributed by atoms with van der Waals surface area (Å²) in [6, 6.07) is 146. The Morgan fingerprint density at radius 3 is 0.748 bits per heavy atom. The van der Waals surface area contributed by atoms with E-state index in [0.29, 0.717) is 5.25 Å². The summed E-state index contributed by atoms with van der Waals surface area (Å²) >= 11 is 1.88. The first-order valence-electron chi connectivity index (χ1n) is 37.4. The van der Waals surface area contributed by atoms with Crippen LogP contribution >= 0.6 is 163 Å². The molecule has 0 spiro atoms. The van der Waals surface area contributed by atoms with Gasteiger partial charge in [-0.3, -0.25) is 0 Å². The van der Waals surface area contributed by atoms with E-state index >= 15 is 0 Å². The number of rotatable bonds is 23. The lowest BCUT2D eigenvalue weighted by Crippen LogP contribution is -2.24. The molecule has 0 N–H and O–H groups in total. The fourth-order valence-corrected chi connectivity index (χ4v) is 19.6. The molecule has 14 rings (SSSR count). The average Bonchev–Trinajstić information content (AvgIpc) is 0.767. The van der Waals surface area contributed by atoms with Gasteiger partial charge in [0.05, 0.1) is 24.2 Å². The molecule has 0 saturated carbocycles. The highest BCUT2D eigenvalue weighted by Gasteiger charge is 2.38. The molecular formula is C100H97Cl7S8. The molecule has 15 heteroatoms. The van der Waals surface area contributed by atoms with E-state index in [4.69, 9.17) is 74.8 Å². The van der Waals surface area contributed by atoms with Crippen LogP contribution in [0.2, 0.25) is 0 Å². The number of hydrogen-bond acceptors (Lipinski definition) is 8. The maximum atomic E-state index is 6.44. The second-order valence-electron chi connectivity index (χ2n) is 26.8. The molecule has 594 valence electrons. The van der Waals surface area contributed by atoms with Crippen molar-refractivity contribution in [2.45, 2.75) is 88.0 Å². The van der Waals surface area contributed by atoms with Crippen molar-refractivity contribution in [3.05, 3.63) is 503 Å². The largest absolute Gasteiger partial charge is 0.144 e. The van der Waals surface area contributed by atoms with Gasteiger partial charge in [-0.15, -0.1) is 11.8 Å². The Hall–Kier alpha value is -6.09. The standard InChI is InChI=1S/C20H18S.C19H15ClS.C14H13ClS.C13H11ClS.C10H13ClS.C9H11ClS.C8H9ClS.C7H7ClS/c1-21-20(17-11-5-2-6-12-17,18-13-7-3-8-14-18)19-15-9-4-10-16-19;20-21-19(16-10-4-1-5-11-16,17-12-6-2-7-13-17)18-14-8-3-9-15-18;1-14(16-15,12-8-4-2-5-9-12)13-10-6-3-7-11-13;14-15-13(11-7-3-1-4-8-11)12-9-5-2-6-10-12;1-3-10(2,12-11)9-7-5-4-6-8-9;1-9(2,11-10)8-6-4-3-5-7-8;1-7(10-9)8-5-3-2-4-6-8;8-9-6-7-4-2-1-3-5-7/h2-16H,1H3;1-15H;2-11H,1H3;1-10,13H;4-8H,3H2,1-2H3;3-7H,1-2H3;2-7H,1H3;1-5H,6H2. The molecule has 0 radical (unpaired) electrons. The summed E-state index contributed by atoms with van der Waals surface area (Å²) in [7, 11) is 50.6. The quantitative estimate of drug-likeness (QED) is 0.0574. The van der Waals surface area contributed by atoms with E-state index in [0.717, 1.165) is 12.2 Å². The lowest BCUT2D eigenvalue weighted by atomic mass is 9.84. The Morgan fingerprint density at radius 1 is 0.261 bits per heavy atom. The van der Waals surface area contributed by atoms with Crippen molar-refractivity contribution >= 4 is 163 Å². The predicted octanol–water partition coefficient (Wildman–Crippen LogP) is 35.4. The van der Waals surface area contributed by atoms with Crippen molar-refractivity contribution in [1.29, 1.82) is 0 Å². The van der Waals surface area contributed by atoms with E-state index in [9.17, 15) is 0 Å². The number of benzene rings is 14. The summed E-state index contributed by atoms with van der Waals surface area (Å²) < 4.78 is -0.676. The second-order valence-corrected chi connectivity index (χ2v) is 37.4. The van der Waals surface area contributed by atoms with Crippen LogP contribution in [0, 0.1) is 0 Å². The monoisotopic (exact) mass is 1800 g/mol. The molecule has 14 aromatic rings. The number of halogens is 7. The normalized spacial score (nSPS) is 11.7. The van der Waals surface area contributed by atoms with Crippen LogP contribution in [0.4, 0.5) is 0 Å². The number of hydrogen-bond donors (Lipinski definition) is 0. The predicted molar refractivity (Wildman–Crippen MR) is 529 cm³/mol. The molecule has 115 heavy (non-hydrogen) atoms. The van der Waals surface area contributed by atoms with Crippen molar-refractivity contribution in [1.82, 2.24) is 0 Å². The molecule has 0 fully saturated rings. The Kier molecular flexibility index (Phi) is 44.6. The van der Waals surface area contributed by atoms with E-state index in [1.54, 1.807) is 0 Å². The third-order valence-electron chi connectivity index (χ3n) is 19.0. The van der Waals surface area contributed by atoms with Gasteiger partial charge in [0.2, 0.25) is 0 Å². The summed E-state index contributed by atoms with van der Waals surface area (Å²) in [5.41, 5.74) is 17.5. The highest BCUT2D eigenvalue weighted by molar-refractivity contribution is 8.23. The van der Waals surface area contributed by atoms with Gasteiger partial charge in [-0.05, 0) is 266 Å². The first-order valence-corrected chi connectivity index (χ1v) is 50.4. The lowest BCUT2D eigenvalue weighted by Gasteiger charge is -2.34. The van der Waals surface area contributed by atoms with Crippen LogP contribution < -0.4 is 0 Å². The van der Waals surface area contributed by atoms with E-state index < -0.39 is 4.75 Å². The van der Waals surface area contributed by atoms with Crippen LogP contribution in [-0.4, -0.2) is 6.26 Å². The van der Waals surface area contributed by atoms with Crippen LogP contribution in [0.1, 0.15) is 136 Å². The summed E-state index contributed by atoms with van der Waals surface area (Å²) in [5, 5.41) is 0.608. The van der Waals surface area contributed by atoms with Gasteiger partial charge in [-0.25, -0.2) is 0 Å². The SMILES string of the molecule is CC(C)(SCl)c1ccccc1.CC(SCl)(c1ccccc1)c1ccccc1.CC(SCl)c1ccccc1.CCC(C)(SCl)c1ccccc1.CSC(c1ccccc1)(c1ccccc1)c1ccccc1.ClSC(c1ccccc1)(c1ccccc1)c1ccccc1.ClSC(c1ccccc1)c1ccccc1.ClSCc1ccccc1. The maximum Gasteiger partial charge on any atom is 0.106 e. The fraction of sp³-hybridized carbons (Fsp3) is 0.160. The molecule has 2 unspecified atom stereocenters. The van der Waals surface area contributed by atoms with Gasteiger partial charge in [-0.1, -0.05) is 443 Å². The van der Waals surface area contributed by atoms with Gasteiger partial charge in [0.15, 0.2) is 0 Å². The first kappa shape index (κ1) is 96.0. The Labute approximate surface area is 752 Å². The maximum absolute atomic E-state index is 6.44. The molecular weight excluding hydrogens is 1710 g/mol. The van der Waals surface area contributed by atoms with Gasteiger partial charge in [0.1, 0.15) is 4.75 Å². The topological polar surface area (TPSA) is 0 Å². The van der Waals surface area contributed by atoms with E-state index in [2.05, 4.69) is 321 Å². The molecule has 0 nitrogen and oxygen atoms in total. The summed E-state index contributed by atoms with van der Waals surface area (Å²) in [6.07, 6.45) is 3.23. The molecule has 0 amide bonds. The average molecular weight is 1800 g/mol. The van der Waals surface area contributed by atoms with Gasteiger partial charge < -0.3 is 0 Å². The smallest absolute Gasteiger partial charge is 0.106 e. The lowest BCUT2D eigenvalue weighted by molar-refractivity contribution is 0.669. The minimum absolute atomic E-state index is 0.0167. The van der Waals surface area contributed by atoms with Crippen molar-refractivity contribution in [3.8, 4) is 0 Å². The van der Waals surface area contributed by atoms with E-state index in [-0.39, 0.29) is 24.2 Å². The molecule has 14 aromatic carbocycles. The zero-order chi connectivity index (χ0) is 82.3. The summed E-state index contributed by atoms with van der Waals surface area (Å²) in [5.74, 6) is 0.891. The highest BCUT2D eigenvalue weighted by Crippen LogP contribution is 2.51. The Morgan fingerprint density at radius 2 is 0.513 bits per heavy atom. The molecule has 2 atom stereocenters. The van der Waals surface area contributed by atoms with Crippen molar-refractivity contribution in [2.75, 3.05) is 6.26 Å². The summed E-state index contributed by atoms with van der Waals surface area (Å²) in [6.45, 7) is 12.8. The third-order valence-corrected chi connectivity index (χ3v) is 30.7. The molecule has 0 aromatic heterocycles. The summed E-state index contributed by atoms with van der Waals surface area (Å²) in [4.78, 5) is 0. The number of thioether (sulfide) groups is 1. The van der Waals surface area contributed by atoms with Gasteiger partial charge >= 0.3 is 0 Å². The van der Waals surface area contributed by atoms with E-state index in [1.165, 1.54) is 155 Å². The van der Waals surface area contributed by atoms with Crippen LogP contribution in [0.3, 0.4) is 0 Å². The fourth-order valence-electron chi connectivity index (χ4n) is 12.2. The molecule has 0 aliphatic rings. The van der Waals surface area contributed by atoms with Crippen LogP contribution in [-0.2, 0) is 29.5 Å². The first-order chi connectivity index (χ1) is 56.1. The zero-order valence-corrected chi connectivity index (χ0v) is 77.2. The van der Waals surface area contributed by atoms with E-state index in [1.807, 2.05) is 163 Å². The molecule has 0 aliphatic heterocycles. The molecule has 0 saturated heterocycles. The third kappa shape index (κ3) is 29.4. The van der Waals surface area contributed by atoms with Crippen LogP contribution in [0.5, 0.6) is 0 Å². The highest BCUT2D eigenvalue weighted by atomic mass is 35.7.